The van der Waals surface area contributed by atoms with E-state index in [9.17, 15) is 18.0 Å². The molecule has 2 amide bonds. The molecule has 0 aromatic heterocycles. The Hall–Kier alpha value is -1.71. The van der Waals surface area contributed by atoms with Gasteiger partial charge in [0.25, 0.3) is 0 Å². The van der Waals surface area contributed by atoms with Crippen LogP contribution < -0.4 is 9.62 Å². The second kappa shape index (κ2) is 12.9. The van der Waals surface area contributed by atoms with E-state index in [0.29, 0.717) is 20.6 Å². The Labute approximate surface area is 238 Å². The van der Waals surface area contributed by atoms with Crippen LogP contribution in [-0.2, 0) is 26.2 Å². The maximum atomic E-state index is 13.7. The number of nitrogens with one attached hydrogen (secondary N) is 1. The number of rotatable bonds is 9. The summed E-state index contributed by atoms with van der Waals surface area (Å²) >= 11 is 24.6. The third kappa shape index (κ3) is 8.14. The number of carbonyl (C=O) groups is 2. The van der Waals surface area contributed by atoms with Crippen molar-refractivity contribution in [2.45, 2.75) is 57.7 Å². The first-order valence-corrected chi connectivity index (χ1v) is 15.2. The quantitative estimate of drug-likeness (QED) is 0.382. The number of halogens is 4. The highest BCUT2D eigenvalue weighted by Crippen LogP contribution is 2.31. The smallest absolute Gasteiger partial charge is 0.244 e. The molecule has 7 nitrogen and oxygen atoms in total. The molecule has 202 valence electrons. The fraction of sp³-hybridized carbons (Fsp3) is 0.440. The van der Waals surface area contributed by atoms with E-state index >= 15 is 0 Å². The van der Waals surface area contributed by atoms with Crippen LogP contribution in [0.25, 0.3) is 0 Å². The predicted molar refractivity (Wildman–Crippen MR) is 150 cm³/mol. The van der Waals surface area contributed by atoms with Gasteiger partial charge in [-0.3, -0.25) is 13.9 Å². The van der Waals surface area contributed by atoms with Gasteiger partial charge in [0, 0.05) is 27.7 Å². The van der Waals surface area contributed by atoms with Crippen molar-refractivity contribution in [3.63, 3.8) is 0 Å². The molecule has 2 aromatic rings. The molecular formula is C25H29Cl4N3O4S. The van der Waals surface area contributed by atoms with Crippen LogP contribution in [0.4, 0.5) is 5.69 Å². The monoisotopic (exact) mass is 607 g/mol. The molecule has 0 heterocycles. The SMILES string of the molecule is C[C@@H](C(=O)NC1CCCCC1)N(Cc1ccc(Cl)cc1Cl)C(=O)CN(c1ccc(Cl)cc1Cl)S(C)(=O)=O. The molecule has 0 radical (unpaired) electrons. The van der Waals surface area contributed by atoms with Crippen LogP contribution in [0.3, 0.4) is 0 Å². The maximum absolute atomic E-state index is 13.7. The summed E-state index contributed by atoms with van der Waals surface area (Å²) in [6.07, 6.45) is 5.95. The highest BCUT2D eigenvalue weighted by atomic mass is 35.5. The number of carbonyl (C=O) groups excluding carboxylic acids is 2. The zero-order chi connectivity index (χ0) is 27.3. The van der Waals surface area contributed by atoms with E-state index in [1.54, 1.807) is 25.1 Å². The van der Waals surface area contributed by atoms with Crippen molar-refractivity contribution in [3.8, 4) is 0 Å². The lowest BCUT2D eigenvalue weighted by atomic mass is 9.95. The molecule has 0 bridgehead atoms. The van der Waals surface area contributed by atoms with Crippen molar-refractivity contribution in [3.05, 3.63) is 62.1 Å². The summed E-state index contributed by atoms with van der Waals surface area (Å²) in [5.41, 5.74) is 0.665. The fourth-order valence-corrected chi connectivity index (χ4v) is 6.15. The first-order valence-electron chi connectivity index (χ1n) is 11.8. The molecule has 0 spiro atoms. The van der Waals surface area contributed by atoms with Crippen LogP contribution in [0.2, 0.25) is 20.1 Å². The summed E-state index contributed by atoms with van der Waals surface area (Å²) in [5.74, 6) is -0.922. The minimum absolute atomic E-state index is 0.0277. The van der Waals surface area contributed by atoms with E-state index < -0.39 is 28.5 Å². The molecule has 0 aliphatic heterocycles. The zero-order valence-electron chi connectivity index (χ0n) is 20.5. The summed E-state index contributed by atoms with van der Waals surface area (Å²) in [4.78, 5) is 28.2. The predicted octanol–water partition coefficient (Wildman–Crippen LogP) is 5.93. The maximum Gasteiger partial charge on any atom is 0.244 e. The number of nitrogens with zero attached hydrogens (tertiary/aromatic N) is 2. The molecule has 1 atom stereocenters. The van der Waals surface area contributed by atoms with Crippen LogP contribution >= 0.6 is 46.4 Å². The minimum Gasteiger partial charge on any atom is -0.352 e. The molecule has 2 aromatic carbocycles. The standard InChI is InChI=1S/C25H29Cl4N3O4S/c1-16(25(34)30-20-6-4-3-5-7-20)31(14-17-8-9-18(26)12-21(17)28)24(33)15-32(37(2,35)36)23-11-10-19(27)13-22(23)29/h8-13,16,20H,3-7,14-15H2,1-2H3,(H,30,34)/t16-/m0/s1. The Balaban J connectivity index is 1.92. The summed E-state index contributed by atoms with van der Waals surface area (Å²) in [6.45, 7) is 1.01. The number of sulfonamides is 1. The first-order chi connectivity index (χ1) is 17.4. The van der Waals surface area contributed by atoms with Crippen molar-refractivity contribution in [1.29, 1.82) is 0 Å². The summed E-state index contributed by atoms with van der Waals surface area (Å²) in [5, 5.41) is 4.18. The zero-order valence-corrected chi connectivity index (χ0v) is 24.4. The van der Waals surface area contributed by atoms with Crippen LogP contribution in [0.1, 0.15) is 44.6 Å². The van der Waals surface area contributed by atoms with E-state index in [2.05, 4.69) is 5.32 Å². The van der Waals surface area contributed by atoms with Crippen LogP contribution in [0.5, 0.6) is 0 Å². The molecule has 3 rings (SSSR count). The molecule has 1 aliphatic carbocycles. The van der Waals surface area contributed by atoms with Crippen molar-refractivity contribution >= 4 is 73.9 Å². The van der Waals surface area contributed by atoms with Gasteiger partial charge < -0.3 is 10.2 Å². The average Bonchev–Trinajstić information content (AvgIpc) is 2.82. The molecular weight excluding hydrogens is 580 g/mol. The summed E-state index contributed by atoms with van der Waals surface area (Å²) in [7, 11) is -3.92. The highest BCUT2D eigenvalue weighted by molar-refractivity contribution is 7.92. The second-order valence-electron chi connectivity index (χ2n) is 9.14. The lowest BCUT2D eigenvalue weighted by Crippen LogP contribution is -2.53. The molecule has 1 saturated carbocycles. The summed E-state index contributed by atoms with van der Waals surface area (Å²) < 4.78 is 26.3. The van der Waals surface area contributed by atoms with Gasteiger partial charge in [-0.25, -0.2) is 8.42 Å². The van der Waals surface area contributed by atoms with Crippen LogP contribution in [0.15, 0.2) is 36.4 Å². The van der Waals surface area contributed by atoms with Gasteiger partial charge in [0.2, 0.25) is 21.8 Å². The van der Waals surface area contributed by atoms with Gasteiger partial charge in [0.15, 0.2) is 0 Å². The van der Waals surface area contributed by atoms with E-state index in [-0.39, 0.29) is 29.2 Å². The lowest BCUT2D eigenvalue weighted by Gasteiger charge is -2.33. The van der Waals surface area contributed by atoms with Gasteiger partial charge in [-0.05, 0) is 55.7 Å². The Morgan fingerprint density at radius 1 is 0.973 bits per heavy atom. The number of hydrogen-bond donors (Lipinski definition) is 1. The number of anilines is 1. The minimum atomic E-state index is -3.92. The second-order valence-corrected chi connectivity index (χ2v) is 12.7. The average molecular weight is 609 g/mol. The van der Waals surface area contributed by atoms with Crippen LogP contribution in [-0.4, -0.2) is 50.0 Å². The Kier molecular flexibility index (Phi) is 10.4. The lowest BCUT2D eigenvalue weighted by molar-refractivity contribution is -0.139. The normalized spacial score (nSPS) is 15.2. The number of amides is 2. The van der Waals surface area contributed by atoms with Gasteiger partial charge in [-0.1, -0.05) is 71.7 Å². The van der Waals surface area contributed by atoms with E-state index in [1.165, 1.54) is 23.1 Å². The Bertz CT molecular complexity index is 1250. The third-order valence-corrected chi connectivity index (χ3v) is 8.58. The Morgan fingerprint density at radius 3 is 2.14 bits per heavy atom. The first kappa shape index (κ1) is 29.8. The van der Waals surface area contributed by atoms with Crippen molar-refractivity contribution in [1.82, 2.24) is 10.2 Å². The molecule has 1 aliphatic rings. The van der Waals surface area contributed by atoms with Gasteiger partial charge in [0.05, 0.1) is 17.0 Å². The molecule has 0 saturated heterocycles. The molecule has 1 N–H and O–H groups in total. The van der Waals surface area contributed by atoms with Crippen molar-refractivity contribution in [2.75, 3.05) is 17.1 Å². The van der Waals surface area contributed by atoms with E-state index in [0.717, 1.165) is 42.7 Å². The van der Waals surface area contributed by atoms with Gasteiger partial charge in [0.1, 0.15) is 12.6 Å². The summed E-state index contributed by atoms with van der Waals surface area (Å²) in [6, 6.07) is 8.30. The van der Waals surface area contributed by atoms with Crippen molar-refractivity contribution < 1.29 is 18.0 Å². The highest BCUT2D eigenvalue weighted by Gasteiger charge is 2.32. The van der Waals surface area contributed by atoms with E-state index in [1.807, 2.05) is 0 Å². The fourth-order valence-electron chi connectivity index (χ4n) is 4.26. The third-order valence-electron chi connectivity index (χ3n) is 6.33. The van der Waals surface area contributed by atoms with Crippen molar-refractivity contribution in [2.24, 2.45) is 0 Å². The molecule has 12 heteroatoms. The van der Waals surface area contributed by atoms with E-state index in [4.69, 9.17) is 46.4 Å². The Morgan fingerprint density at radius 2 is 1.57 bits per heavy atom. The molecule has 37 heavy (non-hydrogen) atoms. The number of hydrogen-bond acceptors (Lipinski definition) is 4. The van der Waals surface area contributed by atoms with Gasteiger partial charge >= 0.3 is 0 Å². The van der Waals surface area contributed by atoms with Crippen LogP contribution in [0, 0.1) is 0 Å². The largest absolute Gasteiger partial charge is 0.352 e. The number of benzene rings is 2. The van der Waals surface area contributed by atoms with Gasteiger partial charge in [-0.15, -0.1) is 0 Å². The van der Waals surface area contributed by atoms with Gasteiger partial charge in [-0.2, -0.15) is 0 Å². The topological polar surface area (TPSA) is 86.8 Å². The molecule has 1 fully saturated rings. The molecule has 0 unspecified atom stereocenters.